The third-order valence-corrected chi connectivity index (χ3v) is 5.08. The molecule has 0 aliphatic carbocycles. The van der Waals surface area contributed by atoms with Crippen LogP contribution in [0.25, 0.3) is 5.65 Å². The van der Waals surface area contributed by atoms with Gasteiger partial charge in [0.2, 0.25) is 0 Å². The van der Waals surface area contributed by atoms with Crippen molar-refractivity contribution in [3.05, 3.63) is 54.1 Å². The number of hydrogen-bond donors (Lipinski definition) is 0. The standard InChI is InChI=1S/C13H15FN4O2.C7H7FS/c1-2-20-13(19)10-7-15-11-3-4-12(16-18(10)11)17-6-5-9(14)8-17;1-9-7-4-2-6(8)3-5-7/h3-4,7,9H,2,5-6,8H2,1H3;2-5H,1H3. The molecule has 0 bridgehead atoms. The van der Waals surface area contributed by atoms with Crippen molar-refractivity contribution >= 4 is 29.2 Å². The average Bonchev–Trinajstić information content (AvgIpc) is 3.35. The molecule has 3 heterocycles. The molecule has 9 heteroatoms. The lowest BCUT2D eigenvalue weighted by atomic mass is 10.3. The number of hydrogen-bond acceptors (Lipinski definition) is 6. The van der Waals surface area contributed by atoms with Crippen LogP contribution in [0.15, 0.2) is 47.5 Å². The van der Waals surface area contributed by atoms with Crippen molar-refractivity contribution in [1.29, 1.82) is 0 Å². The van der Waals surface area contributed by atoms with Crippen molar-refractivity contribution in [3.63, 3.8) is 0 Å². The first-order valence-corrected chi connectivity index (χ1v) is 10.4. The Labute approximate surface area is 171 Å². The van der Waals surface area contributed by atoms with Gasteiger partial charge in [-0.3, -0.25) is 0 Å². The molecule has 29 heavy (non-hydrogen) atoms. The summed E-state index contributed by atoms with van der Waals surface area (Å²) in [5.74, 6) is 0.00318. The van der Waals surface area contributed by atoms with E-state index >= 15 is 0 Å². The Hall–Kier alpha value is -2.68. The van der Waals surface area contributed by atoms with Crippen molar-refractivity contribution < 1.29 is 18.3 Å². The van der Waals surface area contributed by atoms with Gasteiger partial charge in [0.25, 0.3) is 0 Å². The number of halogens is 2. The summed E-state index contributed by atoms with van der Waals surface area (Å²) in [4.78, 5) is 18.9. The van der Waals surface area contributed by atoms with Crippen LogP contribution < -0.4 is 4.90 Å². The SMILES string of the molecule is CCOC(=O)c1cnc2ccc(N3CCC(F)C3)nn12.CSc1ccc(F)cc1. The molecule has 154 valence electrons. The number of nitrogens with zero attached hydrogens (tertiary/aromatic N) is 4. The summed E-state index contributed by atoms with van der Waals surface area (Å²) in [7, 11) is 0. The molecule has 0 saturated carbocycles. The van der Waals surface area contributed by atoms with Crippen LogP contribution in [-0.2, 0) is 4.74 Å². The summed E-state index contributed by atoms with van der Waals surface area (Å²) in [6, 6.07) is 10.0. The van der Waals surface area contributed by atoms with Crippen molar-refractivity contribution in [2.75, 3.05) is 30.9 Å². The summed E-state index contributed by atoms with van der Waals surface area (Å²) in [5, 5.41) is 4.37. The normalized spacial score (nSPS) is 15.9. The van der Waals surface area contributed by atoms with E-state index in [0.29, 0.717) is 37.6 Å². The second-order valence-electron chi connectivity index (χ2n) is 6.32. The highest BCUT2D eigenvalue weighted by molar-refractivity contribution is 7.98. The number of carbonyl (C=O) groups is 1. The molecule has 1 aliphatic rings. The first kappa shape index (κ1) is 21.0. The Balaban J connectivity index is 0.000000224. The van der Waals surface area contributed by atoms with Crippen molar-refractivity contribution in [2.45, 2.75) is 24.4 Å². The van der Waals surface area contributed by atoms with Gasteiger partial charge in [0.1, 0.15) is 17.8 Å². The van der Waals surface area contributed by atoms with E-state index in [1.54, 1.807) is 43.0 Å². The van der Waals surface area contributed by atoms with E-state index < -0.39 is 12.1 Å². The van der Waals surface area contributed by atoms with Gasteiger partial charge in [-0.15, -0.1) is 16.9 Å². The van der Waals surface area contributed by atoms with E-state index in [1.807, 2.05) is 11.2 Å². The zero-order chi connectivity index (χ0) is 20.8. The molecule has 0 N–H and O–H groups in total. The number of benzene rings is 1. The van der Waals surface area contributed by atoms with Gasteiger partial charge in [-0.2, -0.15) is 0 Å². The highest BCUT2D eigenvalue weighted by Crippen LogP contribution is 2.20. The molecule has 1 aromatic carbocycles. The maximum atomic E-state index is 13.3. The molecule has 0 spiro atoms. The minimum atomic E-state index is -0.820. The number of ether oxygens (including phenoxy) is 1. The van der Waals surface area contributed by atoms with E-state index in [2.05, 4.69) is 10.1 Å². The number of fused-ring (bicyclic) bond motifs is 1. The number of carbonyl (C=O) groups excluding carboxylic acids is 1. The van der Waals surface area contributed by atoms with Crippen molar-refractivity contribution in [2.24, 2.45) is 0 Å². The van der Waals surface area contributed by atoms with Crippen LogP contribution >= 0.6 is 11.8 Å². The van der Waals surface area contributed by atoms with E-state index in [0.717, 1.165) is 4.90 Å². The minimum Gasteiger partial charge on any atom is -0.461 e. The van der Waals surface area contributed by atoms with Crippen molar-refractivity contribution in [3.8, 4) is 0 Å². The molecule has 1 atom stereocenters. The Bertz CT molecular complexity index is 965. The number of imidazole rings is 1. The number of anilines is 1. The molecule has 1 saturated heterocycles. The topological polar surface area (TPSA) is 59.7 Å². The van der Waals surface area contributed by atoms with Crippen LogP contribution in [0.5, 0.6) is 0 Å². The number of rotatable bonds is 4. The van der Waals surface area contributed by atoms with Gasteiger partial charge in [0.15, 0.2) is 11.3 Å². The molecule has 3 aromatic rings. The predicted molar refractivity (Wildman–Crippen MR) is 109 cm³/mol. The van der Waals surface area contributed by atoms with Crippen LogP contribution in [0.3, 0.4) is 0 Å². The average molecular weight is 420 g/mol. The lowest BCUT2D eigenvalue weighted by Crippen LogP contribution is -2.22. The monoisotopic (exact) mass is 420 g/mol. The largest absolute Gasteiger partial charge is 0.461 e. The molecule has 6 nitrogen and oxygen atoms in total. The lowest BCUT2D eigenvalue weighted by molar-refractivity contribution is 0.0516. The summed E-state index contributed by atoms with van der Waals surface area (Å²) in [5.41, 5.74) is 0.840. The Morgan fingerprint density at radius 3 is 2.66 bits per heavy atom. The molecular weight excluding hydrogens is 398 g/mol. The Morgan fingerprint density at radius 1 is 1.28 bits per heavy atom. The first-order valence-electron chi connectivity index (χ1n) is 9.22. The van der Waals surface area contributed by atoms with Crippen LogP contribution in [0, 0.1) is 5.82 Å². The zero-order valence-electron chi connectivity index (χ0n) is 16.2. The van der Waals surface area contributed by atoms with Crippen LogP contribution in [0.4, 0.5) is 14.6 Å². The van der Waals surface area contributed by atoms with Gasteiger partial charge in [-0.25, -0.2) is 23.1 Å². The second kappa shape index (κ2) is 9.69. The number of alkyl halides is 1. The van der Waals surface area contributed by atoms with E-state index in [9.17, 15) is 13.6 Å². The van der Waals surface area contributed by atoms with Crippen molar-refractivity contribution in [1.82, 2.24) is 14.6 Å². The number of thioether (sulfide) groups is 1. The van der Waals surface area contributed by atoms with Gasteiger partial charge in [-0.1, -0.05) is 0 Å². The predicted octanol–water partition coefficient (Wildman–Crippen LogP) is 4.00. The number of esters is 1. The van der Waals surface area contributed by atoms with Crippen LogP contribution in [0.2, 0.25) is 0 Å². The lowest BCUT2D eigenvalue weighted by Gasteiger charge is -2.16. The quantitative estimate of drug-likeness (QED) is 0.470. The molecule has 1 aliphatic heterocycles. The molecule has 0 radical (unpaired) electrons. The highest BCUT2D eigenvalue weighted by atomic mass is 32.2. The Kier molecular flexibility index (Phi) is 7.03. The molecule has 1 unspecified atom stereocenters. The van der Waals surface area contributed by atoms with E-state index in [1.165, 1.54) is 22.8 Å². The third-order valence-electron chi connectivity index (χ3n) is 4.34. The third kappa shape index (κ3) is 5.23. The van der Waals surface area contributed by atoms with Crippen LogP contribution in [-0.4, -0.2) is 52.7 Å². The fourth-order valence-corrected chi connectivity index (χ4v) is 3.28. The van der Waals surface area contributed by atoms with Gasteiger partial charge in [0.05, 0.1) is 19.3 Å². The van der Waals surface area contributed by atoms with Gasteiger partial charge in [-0.05, 0) is 56.0 Å². The van der Waals surface area contributed by atoms with E-state index in [4.69, 9.17) is 4.74 Å². The molecule has 1 fully saturated rings. The fourth-order valence-electron chi connectivity index (χ4n) is 2.87. The molecule has 2 aromatic heterocycles. The minimum absolute atomic E-state index is 0.173. The first-order chi connectivity index (χ1) is 14.0. The highest BCUT2D eigenvalue weighted by Gasteiger charge is 2.24. The number of aromatic nitrogens is 3. The van der Waals surface area contributed by atoms with Gasteiger partial charge >= 0.3 is 5.97 Å². The van der Waals surface area contributed by atoms with E-state index in [-0.39, 0.29) is 11.5 Å². The molecule has 0 amide bonds. The van der Waals surface area contributed by atoms with Crippen LogP contribution in [0.1, 0.15) is 23.8 Å². The fraction of sp³-hybridized carbons (Fsp3) is 0.350. The summed E-state index contributed by atoms with van der Waals surface area (Å²) in [6.07, 6.45) is 3.09. The summed E-state index contributed by atoms with van der Waals surface area (Å²) in [6.45, 7) is 3.00. The second-order valence-corrected chi connectivity index (χ2v) is 7.20. The smallest absolute Gasteiger partial charge is 0.358 e. The molecular formula is C20H22F2N4O2S. The maximum absolute atomic E-state index is 13.3. The summed E-state index contributed by atoms with van der Waals surface area (Å²) < 4.78 is 31.9. The molecule has 4 rings (SSSR count). The van der Waals surface area contributed by atoms with Gasteiger partial charge in [0, 0.05) is 11.4 Å². The Morgan fingerprint density at radius 2 is 2.03 bits per heavy atom. The maximum Gasteiger partial charge on any atom is 0.358 e. The van der Waals surface area contributed by atoms with Gasteiger partial charge < -0.3 is 9.64 Å². The zero-order valence-corrected chi connectivity index (χ0v) is 17.0. The summed E-state index contributed by atoms with van der Waals surface area (Å²) >= 11 is 1.61.